The van der Waals surface area contributed by atoms with Gasteiger partial charge in [-0.25, -0.2) is 0 Å². The minimum Gasteiger partial charge on any atom is -0.323 e. The number of hydrogen-bond donors (Lipinski definition) is 1. The summed E-state index contributed by atoms with van der Waals surface area (Å²) in [6.45, 7) is 6.51. The Morgan fingerprint density at radius 2 is 1.00 bits per heavy atom. The fourth-order valence-electron chi connectivity index (χ4n) is 1.72. The summed E-state index contributed by atoms with van der Waals surface area (Å²) in [7, 11) is 3.75. The second kappa shape index (κ2) is 31.2. The van der Waals surface area contributed by atoms with Crippen molar-refractivity contribution in [2.75, 3.05) is 14.1 Å². The molecule has 2 nitrogen and oxygen atoms in total. The highest BCUT2D eigenvalue weighted by atomic mass is 16.1. The van der Waals surface area contributed by atoms with Crippen molar-refractivity contribution in [3.63, 3.8) is 0 Å². The maximum Gasteiger partial charge on any atom is 0.119 e. The van der Waals surface area contributed by atoms with Gasteiger partial charge >= 0.3 is 0 Å². The fraction of sp³-hybridized carbons (Fsp3) is 0.944. The van der Waals surface area contributed by atoms with Gasteiger partial charge in [-0.05, 0) is 20.5 Å². The highest BCUT2D eigenvalue weighted by Gasteiger charge is 1.91. The summed E-state index contributed by atoms with van der Waals surface area (Å²) in [4.78, 5) is 10.0. The Hall–Kier alpha value is -0.370. The van der Waals surface area contributed by atoms with Crippen molar-refractivity contribution in [2.45, 2.75) is 97.8 Å². The van der Waals surface area contributed by atoms with Gasteiger partial charge in [0.05, 0.1) is 0 Å². The van der Waals surface area contributed by atoms with E-state index in [1.807, 2.05) is 14.1 Å². The largest absolute Gasteiger partial charge is 0.323 e. The van der Waals surface area contributed by atoms with Gasteiger partial charge in [-0.2, -0.15) is 0 Å². The van der Waals surface area contributed by atoms with E-state index in [0.29, 0.717) is 0 Å². The van der Waals surface area contributed by atoms with Crippen molar-refractivity contribution in [3.05, 3.63) is 0 Å². The van der Waals surface area contributed by atoms with Gasteiger partial charge in [0.25, 0.3) is 0 Å². The third kappa shape index (κ3) is 43.1. The molecule has 0 aromatic rings. The summed E-state index contributed by atoms with van der Waals surface area (Å²) < 4.78 is 0. The van der Waals surface area contributed by atoms with E-state index in [-0.39, 0.29) is 0 Å². The molecule has 0 unspecified atom stereocenters. The van der Waals surface area contributed by atoms with E-state index < -0.39 is 0 Å². The van der Waals surface area contributed by atoms with E-state index >= 15 is 0 Å². The van der Waals surface area contributed by atoms with Crippen LogP contribution in [0.3, 0.4) is 0 Å². The first-order chi connectivity index (χ1) is 9.74. The lowest BCUT2D eigenvalue weighted by molar-refractivity contribution is -0.107. The molecule has 1 N–H and O–H groups in total. The predicted molar refractivity (Wildman–Crippen MR) is 93.5 cm³/mol. The van der Waals surface area contributed by atoms with E-state index in [1.54, 1.807) is 0 Å². The molecule has 0 aromatic carbocycles. The van der Waals surface area contributed by atoms with Crippen molar-refractivity contribution in [1.82, 2.24) is 5.32 Å². The number of carbonyl (C=O) groups is 1. The summed E-state index contributed by atoms with van der Waals surface area (Å²) in [6.07, 6.45) is 16.5. The standard InChI is InChI=1S/C13H26O.C3H8.C2H7N/c1-2-3-4-5-6-7-8-9-10-11-12-13-14;2*1-3-2/h13H,2-12H2,1H3;3H2,1-2H3;3H,1-2H3. The van der Waals surface area contributed by atoms with E-state index in [0.717, 1.165) is 19.1 Å². The Morgan fingerprint density at radius 3 is 1.30 bits per heavy atom. The normalized spacial score (nSPS) is 9.05. The molecule has 0 saturated carbocycles. The molecule has 20 heavy (non-hydrogen) atoms. The van der Waals surface area contributed by atoms with Gasteiger partial charge in [-0.1, -0.05) is 85.0 Å². The summed E-state index contributed by atoms with van der Waals surface area (Å²) >= 11 is 0. The number of aldehydes is 1. The highest BCUT2D eigenvalue weighted by molar-refractivity contribution is 5.48. The van der Waals surface area contributed by atoms with Gasteiger partial charge in [-0.15, -0.1) is 0 Å². The minimum absolute atomic E-state index is 0.760. The van der Waals surface area contributed by atoms with Gasteiger partial charge in [0.15, 0.2) is 0 Å². The maximum atomic E-state index is 10.0. The van der Waals surface area contributed by atoms with Crippen LogP contribution in [0.2, 0.25) is 0 Å². The summed E-state index contributed by atoms with van der Waals surface area (Å²) in [5.74, 6) is 0. The lowest BCUT2D eigenvalue weighted by Gasteiger charge is -2.00. The van der Waals surface area contributed by atoms with Crippen LogP contribution in [-0.4, -0.2) is 20.4 Å². The van der Waals surface area contributed by atoms with Gasteiger partial charge < -0.3 is 10.1 Å². The molecular weight excluding hydrogens is 246 g/mol. The van der Waals surface area contributed by atoms with Gasteiger partial charge in [0.2, 0.25) is 0 Å². The van der Waals surface area contributed by atoms with Crippen LogP contribution in [0.25, 0.3) is 0 Å². The Bertz CT molecular complexity index is 135. The maximum absolute atomic E-state index is 10.0. The Balaban J connectivity index is -0.000000408. The molecule has 124 valence electrons. The number of hydrogen-bond acceptors (Lipinski definition) is 2. The number of unbranched alkanes of at least 4 members (excludes halogenated alkanes) is 10. The molecule has 0 heterocycles. The Labute approximate surface area is 129 Å². The van der Waals surface area contributed by atoms with Crippen LogP contribution >= 0.6 is 0 Å². The van der Waals surface area contributed by atoms with E-state index in [4.69, 9.17) is 0 Å². The first kappa shape index (κ1) is 24.6. The van der Waals surface area contributed by atoms with E-state index in [1.165, 1.54) is 64.2 Å². The number of carbonyl (C=O) groups excluding carboxylic acids is 1. The Kier molecular flexibility index (Phi) is 38.4. The summed E-state index contributed by atoms with van der Waals surface area (Å²) in [5, 5.41) is 2.75. The van der Waals surface area contributed by atoms with Crippen LogP contribution < -0.4 is 5.32 Å². The average molecular weight is 288 g/mol. The molecule has 0 amide bonds. The third-order valence-electron chi connectivity index (χ3n) is 2.68. The molecule has 0 rings (SSSR count). The minimum atomic E-state index is 0.760. The molecule has 0 aliphatic rings. The van der Waals surface area contributed by atoms with Crippen LogP contribution in [-0.2, 0) is 4.79 Å². The highest BCUT2D eigenvalue weighted by Crippen LogP contribution is 2.10. The second-order valence-electron chi connectivity index (χ2n) is 5.34. The van der Waals surface area contributed by atoms with Gasteiger partial charge in [0.1, 0.15) is 6.29 Å². The van der Waals surface area contributed by atoms with Gasteiger partial charge in [-0.3, -0.25) is 0 Å². The first-order valence-electron chi connectivity index (χ1n) is 8.77. The zero-order valence-electron chi connectivity index (χ0n) is 15.0. The molecule has 0 fully saturated rings. The van der Waals surface area contributed by atoms with Gasteiger partial charge in [0, 0.05) is 6.42 Å². The summed E-state index contributed by atoms with van der Waals surface area (Å²) in [6, 6.07) is 0. The molecule has 0 aliphatic carbocycles. The van der Waals surface area contributed by atoms with Crippen LogP contribution in [0.5, 0.6) is 0 Å². The Morgan fingerprint density at radius 1 is 0.700 bits per heavy atom. The zero-order chi connectivity index (χ0) is 15.9. The molecule has 0 saturated heterocycles. The van der Waals surface area contributed by atoms with E-state index in [9.17, 15) is 4.79 Å². The quantitative estimate of drug-likeness (QED) is 0.387. The molecule has 0 aliphatic heterocycles. The number of rotatable bonds is 11. The third-order valence-corrected chi connectivity index (χ3v) is 2.68. The number of nitrogens with one attached hydrogen (secondary N) is 1. The zero-order valence-corrected chi connectivity index (χ0v) is 15.0. The van der Waals surface area contributed by atoms with Crippen LogP contribution in [0, 0.1) is 0 Å². The van der Waals surface area contributed by atoms with Crippen molar-refractivity contribution in [3.8, 4) is 0 Å². The van der Waals surface area contributed by atoms with Crippen LogP contribution in [0.15, 0.2) is 0 Å². The average Bonchev–Trinajstić information content (AvgIpc) is 2.43. The molecule has 0 aromatic heterocycles. The lowest BCUT2D eigenvalue weighted by Crippen LogP contribution is -1.89. The molecule has 0 spiro atoms. The first-order valence-corrected chi connectivity index (χ1v) is 8.77. The SMILES string of the molecule is CCC.CCCCCCCCCCCCC=O.CNC. The van der Waals surface area contributed by atoms with Crippen molar-refractivity contribution < 1.29 is 4.79 Å². The van der Waals surface area contributed by atoms with E-state index in [2.05, 4.69) is 26.1 Å². The molecule has 0 bridgehead atoms. The molecule has 0 radical (unpaired) electrons. The van der Waals surface area contributed by atoms with Crippen molar-refractivity contribution in [1.29, 1.82) is 0 Å². The summed E-state index contributed by atoms with van der Waals surface area (Å²) in [5.41, 5.74) is 0. The van der Waals surface area contributed by atoms with Crippen molar-refractivity contribution >= 4 is 6.29 Å². The smallest absolute Gasteiger partial charge is 0.119 e. The monoisotopic (exact) mass is 287 g/mol. The molecule has 2 heteroatoms. The van der Waals surface area contributed by atoms with Crippen molar-refractivity contribution in [2.24, 2.45) is 0 Å². The topological polar surface area (TPSA) is 29.1 Å². The fourth-order valence-corrected chi connectivity index (χ4v) is 1.72. The molecular formula is C18H41NO. The van der Waals surface area contributed by atoms with Crippen LogP contribution in [0.4, 0.5) is 0 Å². The second-order valence-corrected chi connectivity index (χ2v) is 5.34. The van der Waals surface area contributed by atoms with Crippen LogP contribution in [0.1, 0.15) is 97.8 Å². The molecule has 0 atom stereocenters. The predicted octanol–water partition coefficient (Wildman–Crippen LogP) is 5.75. The lowest BCUT2D eigenvalue weighted by atomic mass is 10.1.